The first-order valence-corrected chi connectivity index (χ1v) is 7.22. The summed E-state index contributed by atoms with van der Waals surface area (Å²) in [5, 5.41) is 2.97. The minimum atomic E-state index is -0.165. The Morgan fingerprint density at radius 2 is 2.19 bits per heavy atom. The molecule has 1 aromatic rings. The number of aryl methyl sites for hydroxylation is 1. The van der Waals surface area contributed by atoms with Crippen molar-refractivity contribution in [2.75, 3.05) is 20.2 Å². The molecule has 0 aromatic heterocycles. The molecule has 1 amide bonds. The number of hydrogen-bond acceptors (Lipinski definition) is 3. The molecule has 1 aromatic carbocycles. The number of carbonyl (C=O) groups excluding carboxylic acids is 1. The Labute approximate surface area is 126 Å². The van der Waals surface area contributed by atoms with Crippen molar-refractivity contribution in [3.8, 4) is 11.8 Å². The lowest BCUT2D eigenvalue weighted by Crippen LogP contribution is -2.49. The third-order valence-corrected chi connectivity index (χ3v) is 3.94. The molecule has 1 saturated carbocycles. The molecule has 0 radical (unpaired) electrons. The first kappa shape index (κ1) is 15.6. The van der Waals surface area contributed by atoms with Crippen molar-refractivity contribution in [3.05, 3.63) is 34.9 Å². The highest BCUT2D eigenvalue weighted by Gasteiger charge is 2.37. The SMILES string of the molecule is COC1(CNC(=O)c2cc(C)cc(C#CCN)c2)CCC1. The van der Waals surface area contributed by atoms with Gasteiger partial charge in [0, 0.05) is 24.8 Å². The maximum absolute atomic E-state index is 12.3. The van der Waals surface area contributed by atoms with Crippen LogP contribution in [0, 0.1) is 18.8 Å². The van der Waals surface area contributed by atoms with Crippen molar-refractivity contribution in [1.29, 1.82) is 0 Å². The Kier molecular flexibility index (Phi) is 5.00. The number of hydrogen-bond donors (Lipinski definition) is 2. The molecule has 4 heteroatoms. The van der Waals surface area contributed by atoms with E-state index >= 15 is 0 Å². The molecule has 112 valence electrons. The average Bonchev–Trinajstić information content (AvgIpc) is 2.43. The molecular formula is C17H22N2O2. The molecular weight excluding hydrogens is 264 g/mol. The predicted octanol–water partition coefficient (Wildman–Crippen LogP) is 1.60. The van der Waals surface area contributed by atoms with Crippen LogP contribution in [-0.2, 0) is 4.74 Å². The van der Waals surface area contributed by atoms with E-state index in [1.807, 2.05) is 19.1 Å². The van der Waals surface area contributed by atoms with Crippen LogP contribution in [0.1, 0.15) is 40.7 Å². The minimum Gasteiger partial charge on any atom is -0.376 e. The maximum atomic E-state index is 12.3. The van der Waals surface area contributed by atoms with Crippen molar-refractivity contribution >= 4 is 5.91 Å². The third kappa shape index (κ3) is 3.84. The number of carbonyl (C=O) groups is 1. The summed E-state index contributed by atoms with van der Waals surface area (Å²) >= 11 is 0. The molecule has 4 nitrogen and oxygen atoms in total. The predicted molar refractivity (Wildman–Crippen MR) is 83.0 cm³/mol. The Morgan fingerprint density at radius 1 is 1.43 bits per heavy atom. The molecule has 0 saturated heterocycles. The summed E-state index contributed by atoms with van der Waals surface area (Å²) in [4.78, 5) is 12.3. The van der Waals surface area contributed by atoms with Gasteiger partial charge < -0.3 is 15.8 Å². The van der Waals surface area contributed by atoms with Crippen LogP contribution >= 0.6 is 0 Å². The van der Waals surface area contributed by atoms with Gasteiger partial charge in [-0.05, 0) is 49.9 Å². The quantitative estimate of drug-likeness (QED) is 0.826. The lowest BCUT2D eigenvalue weighted by atomic mass is 9.80. The van der Waals surface area contributed by atoms with Crippen LogP contribution in [0.4, 0.5) is 0 Å². The van der Waals surface area contributed by atoms with Crippen LogP contribution in [0.25, 0.3) is 0 Å². The molecule has 0 bridgehead atoms. The zero-order valence-electron chi connectivity index (χ0n) is 12.7. The summed E-state index contributed by atoms with van der Waals surface area (Å²) in [6.07, 6.45) is 3.17. The Hall–Kier alpha value is -1.83. The molecule has 0 spiro atoms. The molecule has 1 aliphatic rings. The maximum Gasteiger partial charge on any atom is 0.251 e. The molecule has 21 heavy (non-hydrogen) atoms. The first-order chi connectivity index (χ1) is 10.1. The van der Waals surface area contributed by atoms with E-state index < -0.39 is 0 Å². The first-order valence-electron chi connectivity index (χ1n) is 7.22. The zero-order valence-corrected chi connectivity index (χ0v) is 12.7. The van der Waals surface area contributed by atoms with E-state index in [1.165, 1.54) is 0 Å². The lowest BCUT2D eigenvalue weighted by Gasteiger charge is -2.40. The monoisotopic (exact) mass is 286 g/mol. The molecule has 0 unspecified atom stereocenters. The van der Waals surface area contributed by atoms with Gasteiger partial charge in [0.25, 0.3) is 5.91 Å². The molecule has 3 N–H and O–H groups in total. The van der Waals surface area contributed by atoms with Gasteiger partial charge in [-0.15, -0.1) is 0 Å². The summed E-state index contributed by atoms with van der Waals surface area (Å²) in [6.45, 7) is 2.82. The third-order valence-electron chi connectivity index (χ3n) is 3.94. The van der Waals surface area contributed by atoms with Crippen LogP contribution in [0.3, 0.4) is 0 Å². The highest BCUT2D eigenvalue weighted by molar-refractivity contribution is 5.94. The number of methoxy groups -OCH3 is 1. The summed E-state index contributed by atoms with van der Waals surface area (Å²) in [7, 11) is 1.71. The van der Waals surface area contributed by atoms with Crippen molar-refractivity contribution < 1.29 is 9.53 Å². The van der Waals surface area contributed by atoms with E-state index in [4.69, 9.17) is 10.5 Å². The number of benzene rings is 1. The second-order valence-electron chi connectivity index (χ2n) is 5.52. The van der Waals surface area contributed by atoms with Crippen LogP contribution in [0.15, 0.2) is 18.2 Å². The Morgan fingerprint density at radius 3 is 2.76 bits per heavy atom. The van der Waals surface area contributed by atoms with E-state index in [2.05, 4.69) is 17.2 Å². The molecule has 1 fully saturated rings. The summed E-state index contributed by atoms with van der Waals surface area (Å²) < 4.78 is 5.51. The zero-order chi connectivity index (χ0) is 15.3. The highest BCUT2D eigenvalue weighted by atomic mass is 16.5. The summed E-state index contributed by atoms with van der Waals surface area (Å²) in [5.74, 6) is 5.69. The van der Waals surface area contributed by atoms with Gasteiger partial charge >= 0.3 is 0 Å². The molecule has 1 aliphatic carbocycles. The number of nitrogens with two attached hydrogens (primary N) is 1. The Bertz CT molecular complexity index is 575. The summed E-state index contributed by atoms with van der Waals surface area (Å²) in [6, 6.07) is 5.61. The van der Waals surface area contributed by atoms with Gasteiger partial charge in [-0.2, -0.15) is 0 Å². The van der Waals surface area contributed by atoms with Crippen LogP contribution in [-0.4, -0.2) is 31.7 Å². The second-order valence-corrected chi connectivity index (χ2v) is 5.52. The average molecular weight is 286 g/mol. The van der Waals surface area contributed by atoms with E-state index in [1.54, 1.807) is 13.2 Å². The smallest absolute Gasteiger partial charge is 0.251 e. The summed E-state index contributed by atoms with van der Waals surface area (Å²) in [5.41, 5.74) is 7.66. The Balaban J connectivity index is 2.06. The van der Waals surface area contributed by atoms with Crippen molar-refractivity contribution in [3.63, 3.8) is 0 Å². The normalized spacial score (nSPS) is 15.6. The standard InChI is InChI=1S/C17H22N2O2/c1-13-9-14(5-3-8-18)11-15(10-13)16(20)19-12-17(21-2)6-4-7-17/h9-11H,4,6-8,12,18H2,1-2H3,(H,19,20). The lowest BCUT2D eigenvalue weighted by molar-refractivity contribution is -0.0679. The number of rotatable bonds is 4. The van der Waals surface area contributed by atoms with Gasteiger partial charge in [0.05, 0.1) is 12.1 Å². The number of nitrogens with one attached hydrogen (secondary N) is 1. The van der Waals surface area contributed by atoms with Crippen LogP contribution in [0.2, 0.25) is 0 Å². The number of ether oxygens (including phenoxy) is 1. The molecule has 0 aliphatic heterocycles. The minimum absolute atomic E-state index is 0.0853. The molecule has 2 rings (SSSR count). The van der Waals surface area contributed by atoms with Crippen molar-refractivity contribution in [1.82, 2.24) is 5.32 Å². The molecule has 0 atom stereocenters. The van der Waals surface area contributed by atoms with Gasteiger partial charge in [0.1, 0.15) is 0 Å². The van der Waals surface area contributed by atoms with Crippen molar-refractivity contribution in [2.45, 2.75) is 31.8 Å². The van der Waals surface area contributed by atoms with E-state index in [-0.39, 0.29) is 11.5 Å². The molecule has 0 heterocycles. The van der Waals surface area contributed by atoms with E-state index in [9.17, 15) is 4.79 Å². The van der Waals surface area contributed by atoms with Crippen molar-refractivity contribution in [2.24, 2.45) is 5.73 Å². The largest absolute Gasteiger partial charge is 0.376 e. The van der Waals surface area contributed by atoms with Gasteiger partial charge in [0.2, 0.25) is 0 Å². The number of amides is 1. The second kappa shape index (κ2) is 6.75. The fourth-order valence-electron chi connectivity index (χ4n) is 2.51. The fourth-order valence-corrected chi connectivity index (χ4v) is 2.51. The van der Waals surface area contributed by atoms with Crippen LogP contribution in [0.5, 0.6) is 0 Å². The van der Waals surface area contributed by atoms with Gasteiger partial charge in [0.15, 0.2) is 0 Å². The van der Waals surface area contributed by atoms with E-state index in [0.717, 1.165) is 30.4 Å². The highest BCUT2D eigenvalue weighted by Crippen LogP contribution is 2.34. The topological polar surface area (TPSA) is 64.3 Å². The van der Waals surface area contributed by atoms with Gasteiger partial charge in [-0.3, -0.25) is 4.79 Å². The van der Waals surface area contributed by atoms with Gasteiger partial charge in [-0.1, -0.05) is 11.8 Å². The van der Waals surface area contributed by atoms with Gasteiger partial charge in [-0.25, -0.2) is 0 Å². The van der Waals surface area contributed by atoms with Crippen LogP contribution < -0.4 is 11.1 Å². The fraction of sp³-hybridized carbons (Fsp3) is 0.471. The van der Waals surface area contributed by atoms with E-state index in [0.29, 0.717) is 18.7 Å².